The van der Waals surface area contributed by atoms with Gasteiger partial charge >= 0.3 is 0 Å². The van der Waals surface area contributed by atoms with Gasteiger partial charge in [-0.15, -0.1) is 0 Å². The fraction of sp³-hybridized carbons (Fsp3) is 0.545. The summed E-state index contributed by atoms with van der Waals surface area (Å²) < 4.78 is 12.6. The molecule has 0 unspecified atom stereocenters. The minimum atomic E-state index is -1.07. The number of rotatable bonds is 4. The van der Waals surface area contributed by atoms with E-state index in [1.807, 2.05) is 12.1 Å². The van der Waals surface area contributed by atoms with Gasteiger partial charge < -0.3 is 14.9 Å². The van der Waals surface area contributed by atoms with E-state index >= 15 is 0 Å². The number of piperidine rings is 1. The lowest BCUT2D eigenvalue weighted by Gasteiger charge is -2.51. The van der Waals surface area contributed by atoms with Gasteiger partial charge in [-0.1, -0.05) is 23.7 Å². The van der Waals surface area contributed by atoms with E-state index in [0.717, 1.165) is 56.0 Å². The van der Waals surface area contributed by atoms with Crippen molar-refractivity contribution in [2.24, 2.45) is 0 Å². The number of nitrogens with zero attached hydrogens (tertiary/aromatic N) is 4. The van der Waals surface area contributed by atoms with E-state index in [9.17, 15) is 9.32 Å². The Balaban J connectivity index is 1.36. The largest absolute Gasteiger partial charge is 0.394 e. The Morgan fingerprint density at radius 2 is 1.90 bits per heavy atom. The average Bonchev–Trinajstić information content (AvgIpc) is 2.75. The van der Waals surface area contributed by atoms with Crippen LogP contribution in [0.15, 0.2) is 35.4 Å². The minimum absolute atomic E-state index is 0.116. The third-order valence-electron chi connectivity index (χ3n) is 7.00. The summed E-state index contributed by atoms with van der Waals surface area (Å²) in [6, 6.07) is 8.17. The van der Waals surface area contributed by atoms with E-state index < -0.39 is 10.8 Å². The molecule has 30 heavy (non-hydrogen) atoms. The summed E-state index contributed by atoms with van der Waals surface area (Å²) in [6.07, 6.45) is 6.86. The molecule has 2 aliphatic heterocycles. The van der Waals surface area contributed by atoms with Crippen molar-refractivity contribution in [3.8, 4) is 0 Å². The first-order valence-electron chi connectivity index (χ1n) is 10.7. The van der Waals surface area contributed by atoms with Crippen LogP contribution in [0.5, 0.6) is 0 Å². The molecule has 1 aromatic heterocycles. The number of hydrogen-bond donors (Lipinski definition) is 1. The molecule has 3 heterocycles. The highest BCUT2D eigenvalue weighted by molar-refractivity contribution is 7.85. The minimum Gasteiger partial charge on any atom is -0.394 e. The lowest BCUT2D eigenvalue weighted by atomic mass is 9.76. The molecular weight excluding hydrogens is 420 g/mol. The summed E-state index contributed by atoms with van der Waals surface area (Å²) in [5.74, 6) is 2.56. The van der Waals surface area contributed by atoms with Gasteiger partial charge in [0.2, 0.25) is 5.95 Å². The van der Waals surface area contributed by atoms with Crippen LogP contribution in [0.25, 0.3) is 0 Å². The first-order valence-corrected chi connectivity index (χ1v) is 12.4. The molecule has 0 amide bonds. The maximum atomic E-state index is 12.6. The average molecular weight is 447 g/mol. The molecule has 6 nitrogen and oxygen atoms in total. The standard InChI is InChI=1S/C22H27ClN4O2S/c23-18-4-2-16(3-5-18)17-6-10-26(11-7-17)21-24-14-19-20(25-21)27(12-13-30(19)29)22(15-28)8-1-9-22/h2-5,14,17,28H,1,6-13,15H2/t30-/m0/s1. The third-order valence-corrected chi connectivity index (χ3v) is 8.58. The van der Waals surface area contributed by atoms with Gasteiger partial charge in [-0.25, -0.2) is 4.98 Å². The zero-order valence-corrected chi connectivity index (χ0v) is 18.5. The van der Waals surface area contributed by atoms with Gasteiger partial charge in [0.05, 0.1) is 34.0 Å². The van der Waals surface area contributed by atoms with Crippen LogP contribution in [0.4, 0.5) is 11.8 Å². The molecule has 1 saturated carbocycles. The van der Waals surface area contributed by atoms with Crippen molar-refractivity contribution in [1.82, 2.24) is 9.97 Å². The van der Waals surface area contributed by atoms with Crippen LogP contribution in [-0.2, 0) is 10.8 Å². The fourth-order valence-electron chi connectivity index (χ4n) is 4.96. The van der Waals surface area contributed by atoms with Gasteiger partial charge in [-0.2, -0.15) is 4.98 Å². The maximum absolute atomic E-state index is 12.6. The Bertz CT molecular complexity index is 937. The second-order valence-electron chi connectivity index (χ2n) is 8.61. The van der Waals surface area contributed by atoms with Crippen LogP contribution in [0.1, 0.15) is 43.6 Å². The van der Waals surface area contributed by atoms with Crippen LogP contribution in [0, 0.1) is 0 Å². The van der Waals surface area contributed by atoms with Crippen molar-refractivity contribution in [2.75, 3.05) is 41.8 Å². The normalized spacial score (nSPS) is 23.7. The van der Waals surface area contributed by atoms with E-state index in [2.05, 4.69) is 26.9 Å². The summed E-state index contributed by atoms with van der Waals surface area (Å²) in [4.78, 5) is 14.6. The number of aliphatic hydroxyl groups excluding tert-OH is 1. The van der Waals surface area contributed by atoms with Gasteiger partial charge in [-0.05, 0) is 55.7 Å². The molecular formula is C22H27ClN4O2S. The predicted octanol–water partition coefficient (Wildman–Crippen LogP) is 3.36. The number of aliphatic hydroxyl groups is 1. The van der Waals surface area contributed by atoms with Crippen molar-refractivity contribution >= 4 is 34.2 Å². The molecule has 0 spiro atoms. The van der Waals surface area contributed by atoms with Crippen LogP contribution in [0.2, 0.25) is 5.02 Å². The Hall–Kier alpha value is -1.70. The Labute approximate surface area is 184 Å². The van der Waals surface area contributed by atoms with E-state index in [0.29, 0.717) is 29.1 Å². The number of benzene rings is 1. The number of halogens is 1. The molecule has 3 aliphatic rings. The first kappa shape index (κ1) is 20.2. The van der Waals surface area contributed by atoms with Crippen molar-refractivity contribution < 1.29 is 9.32 Å². The van der Waals surface area contributed by atoms with Crippen LogP contribution >= 0.6 is 11.6 Å². The number of aromatic nitrogens is 2. The molecule has 0 radical (unpaired) electrons. The smallest absolute Gasteiger partial charge is 0.227 e. The molecule has 1 saturated heterocycles. The number of anilines is 2. The second-order valence-corrected chi connectivity index (χ2v) is 10.6. The van der Waals surface area contributed by atoms with Crippen molar-refractivity contribution in [1.29, 1.82) is 0 Å². The summed E-state index contributed by atoms with van der Waals surface area (Å²) >= 11 is 6.02. The maximum Gasteiger partial charge on any atom is 0.227 e. The number of hydrogen-bond acceptors (Lipinski definition) is 6. The molecule has 1 atom stereocenters. The first-order chi connectivity index (χ1) is 14.6. The fourth-order valence-corrected chi connectivity index (χ4v) is 6.18. The summed E-state index contributed by atoms with van der Waals surface area (Å²) in [5.41, 5.74) is 1.09. The van der Waals surface area contributed by atoms with Gasteiger partial charge in [-0.3, -0.25) is 4.21 Å². The zero-order chi connectivity index (χ0) is 20.7. The van der Waals surface area contributed by atoms with Gasteiger partial charge in [0, 0.05) is 30.4 Å². The van der Waals surface area contributed by atoms with Crippen LogP contribution in [-0.4, -0.2) is 56.8 Å². The second kappa shape index (κ2) is 8.09. The van der Waals surface area contributed by atoms with Crippen molar-refractivity contribution in [2.45, 2.75) is 48.5 Å². The molecule has 1 N–H and O–H groups in total. The van der Waals surface area contributed by atoms with E-state index in [1.165, 1.54) is 5.56 Å². The Morgan fingerprint density at radius 1 is 1.17 bits per heavy atom. The van der Waals surface area contributed by atoms with Gasteiger partial charge in [0.15, 0.2) is 5.82 Å². The van der Waals surface area contributed by atoms with E-state index in [1.54, 1.807) is 6.20 Å². The number of fused-ring (bicyclic) bond motifs is 1. The third kappa shape index (κ3) is 3.51. The van der Waals surface area contributed by atoms with E-state index in [-0.39, 0.29) is 12.1 Å². The molecule has 160 valence electrons. The molecule has 1 aliphatic carbocycles. The van der Waals surface area contributed by atoms with Crippen LogP contribution in [0.3, 0.4) is 0 Å². The lowest BCUT2D eigenvalue weighted by molar-refractivity contribution is 0.115. The Kier molecular flexibility index (Phi) is 5.45. The SMILES string of the molecule is O=[S@]1CCN(C2(CO)CCC2)c2nc(N3CCC(c4ccc(Cl)cc4)CC3)ncc21. The van der Waals surface area contributed by atoms with Crippen LogP contribution < -0.4 is 9.80 Å². The highest BCUT2D eigenvalue weighted by Gasteiger charge is 2.45. The predicted molar refractivity (Wildman–Crippen MR) is 120 cm³/mol. The molecule has 8 heteroatoms. The van der Waals surface area contributed by atoms with Gasteiger partial charge in [0.25, 0.3) is 0 Å². The van der Waals surface area contributed by atoms with Crippen molar-refractivity contribution in [3.63, 3.8) is 0 Å². The Morgan fingerprint density at radius 3 is 2.53 bits per heavy atom. The molecule has 0 bridgehead atoms. The van der Waals surface area contributed by atoms with Gasteiger partial charge in [0.1, 0.15) is 0 Å². The van der Waals surface area contributed by atoms with Crippen molar-refractivity contribution in [3.05, 3.63) is 41.0 Å². The summed E-state index contributed by atoms with van der Waals surface area (Å²) in [7, 11) is -1.07. The quantitative estimate of drug-likeness (QED) is 0.776. The monoisotopic (exact) mass is 446 g/mol. The highest BCUT2D eigenvalue weighted by Crippen LogP contribution is 2.43. The summed E-state index contributed by atoms with van der Waals surface area (Å²) in [6.45, 7) is 2.57. The molecule has 1 aromatic carbocycles. The summed E-state index contributed by atoms with van der Waals surface area (Å²) in [5, 5.41) is 10.8. The lowest BCUT2D eigenvalue weighted by Crippen LogP contribution is -2.59. The zero-order valence-electron chi connectivity index (χ0n) is 17.0. The van der Waals surface area contributed by atoms with E-state index in [4.69, 9.17) is 16.6 Å². The topological polar surface area (TPSA) is 69.6 Å². The molecule has 5 rings (SSSR count). The molecule has 2 fully saturated rings. The molecule has 2 aromatic rings. The highest BCUT2D eigenvalue weighted by atomic mass is 35.5.